The van der Waals surface area contributed by atoms with E-state index in [0.717, 1.165) is 5.56 Å². The predicted octanol–water partition coefficient (Wildman–Crippen LogP) is 0.957. The SMILES string of the molecule is Nc1nnnn1Cc1ccc(Cl)cc1. The summed E-state index contributed by atoms with van der Waals surface area (Å²) in [4.78, 5) is 0. The summed E-state index contributed by atoms with van der Waals surface area (Å²) in [5, 5.41) is 11.5. The van der Waals surface area contributed by atoms with E-state index in [0.29, 0.717) is 17.5 Å². The molecule has 0 spiro atoms. The number of benzene rings is 1. The molecular formula is C8H8ClN5. The number of rotatable bonds is 2. The van der Waals surface area contributed by atoms with Gasteiger partial charge in [-0.1, -0.05) is 28.8 Å². The fraction of sp³-hybridized carbons (Fsp3) is 0.125. The third-order valence-corrected chi connectivity index (χ3v) is 2.06. The standard InChI is InChI=1S/C8H8ClN5/c9-7-3-1-6(2-4-7)5-14-8(10)11-12-13-14/h1-4H,5H2,(H2,10,11,13). The summed E-state index contributed by atoms with van der Waals surface area (Å²) in [6, 6.07) is 7.45. The van der Waals surface area contributed by atoms with Crippen molar-refractivity contribution in [2.75, 3.05) is 5.73 Å². The summed E-state index contributed by atoms with van der Waals surface area (Å²) in [6.07, 6.45) is 0. The summed E-state index contributed by atoms with van der Waals surface area (Å²) in [6.45, 7) is 0.552. The van der Waals surface area contributed by atoms with Crippen LogP contribution in [0.5, 0.6) is 0 Å². The smallest absolute Gasteiger partial charge is 0.240 e. The molecule has 0 saturated heterocycles. The lowest BCUT2D eigenvalue weighted by Gasteiger charge is -2.01. The molecule has 2 N–H and O–H groups in total. The van der Waals surface area contributed by atoms with Gasteiger partial charge in [0.1, 0.15) is 0 Å². The third kappa shape index (κ3) is 1.82. The van der Waals surface area contributed by atoms with Crippen LogP contribution in [-0.2, 0) is 6.54 Å². The first-order chi connectivity index (χ1) is 6.75. The van der Waals surface area contributed by atoms with Crippen LogP contribution in [0.1, 0.15) is 5.56 Å². The highest BCUT2D eigenvalue weighted by Gasteiger charge is 2.01. The minimum atomic E-state index is 0.306. The summed E-state index contributed by atoms with van der Waals surface area (Å²) in [5.41, 5.74) is 6.57. The van der Waals surface area contributed by atoms with Crippen LogP contribution in [0.25, 0.3) is 0 Å². The molecule has 72 valence electrons. The highest BCUT2D eigenvalue weighted by Crippen LogP contribution is 2.10. The molecule has 2 rings (SSSR count). The Kier molecular flexibility index (Phi) is 2.32. The lowest BCUT2D eigenvalue weighted by molar-refractivity contribution is 0.655. The molecule has 1 heterocycles. The molecule has 5 nitrogen and oxygen atoms in total. The molecule has 0 amide bonds. The van der Waals surface area contributed by atoms with Crippen molar-refractivity contribution in [2.45, 2.75) is 6.54 Å². The van der Waals surface area contributed by atoms with Gasteiger partial charge in [0.05, 0.1) is 6.54 Å². The highest BCUT2D eigenvalue weighted by atomic mass is 35.5. The number of nitrogens with two attached hydrogens (primary N) is 1. The normalized spacial score (nSPS) is 10.4. The zero-order valence-electron chi connectivity index (χ0n) is 7.26. The molecule has 0 bridgehead atoms. The number of tetrazole rings is 1. The topological polar surface area (TPSA) is 69.6 Å². The maximum absolute atomic E-state index is 5.75. The van der Waals surface area contributed by atoms with Gasteiger partial charge in [0.25, 0.3) is 0 Å². The molecule has 2 aromatic rings. The number of nitrogen functional groups attached to an aromatic ring is 1. The van der Waals surface area contributed by atoms with E-state index < -0.39 is 0 Å². The molecule has 0 saturated carbocycles. The van der Waals surface area contributed by atoms with Gasteiger partial charge in [-0.05, 0) is 28.1 Å². The Bertz CT molecular complexity index is 422. The van der Waals surface area contributed by atoms with Crippen molar-refractivity contribution in [3.05, 3.63) is 34.9 Å². The molecule has 0 aliphatic heterocycles. The Hall–Kier alpha value is -1.62. The lowest BCUT2D eigenvalue weighted by Crippen LogP contribution is -2.06. The highest BCUT2D eigenvalue weighted by molar-refractivity contribution is 6.30. The van der Waals surface area contributed by atoms with Crippen molar-refractivity contribution in [1.29, 1.82) is 0 Å². The van der Waals surface area contributed by atoms with Crippen LogP contribution in [0.15, 0.2) is 24.3 Å². The van der Waals surface area contributed by atoms with E-state index >= 15 is 0 Å². The van der Waals surface area contributed by atoms with Gasteiger partial charge >= 0.3 is 0 Å². The maximum atomic E-state index is 5.75. The van der Waals surface area contributed by atoms with E-state index in [1.165, 1.54) is 4.68 Å². The fourth-order valence-electron chi connectivity index (χ4n) is 1.09. The van der Waals surface area contributed by atoms with Gasteiger partial charge in [-0.15, -0.1) is 0 Å². The molecule has 1 aromatic heterocycles. The molecule has 6 heteroatoms. The number of aromatic nitrogens is 4. The molecular weight excluding hydrogens is 202 g/mol. The molecule has 0 atom stereocenters. The van der Waals surface area contributed by atoms with E-state index in [1.807, 2.05) is 24.3 Å². The van der Waals surface area contributed by atoms with E-state index in [-0.39, 0.29) is 0 Å². The summed E-state index contributed by atoms with van der Waals surface area (Å²) in [5.74, 6) is 0.306. The Morgan fingerprint density at radius 3 is 2.57 bits per heavy atom. The second kappa shape index (κ2) is 3.63. The van der Waals surface area contributed by atoms with Crippen LogP contribution >= 0.6 is 11.6 Å². The van der Waals surface area contributed by atoms with Crippen LogP contribution < -0.4 is 5.73 Å². The van der Waals surface area contributed by atoms with E-state index in [4.69, 9.17) is 17.3 Å². The number of nitrogens with zero attached hydrogens (tertiary/aromatic N) is 4. The number of hydrogen-bond acceptors (Lipinski definition) is 4. The minimum Gasteiger partial charge on any atom is -0.367 e. The number of hydrogen-bond donors (Lipinski definition) is 1. The Morgan fingerprint density at radius 1 is 1.29 bits per heavy atom. The average Bonchev–Trinajstić information content (AvgIpc) is 2.56. The van der Waals surface area contributed by atoms with Crippen molar-refractivity contribution >= 4 is 17.5 Å². The molecule has 0 unspecified atom stereocenters. The fourth-order valence-corrected chi connectivity index (χ4v) is 1.21. The lowest BCUT2D eigenvalue weighted by atomic mass is 10.2. The largest absolute Gasteiger partial charge is 0.367 e. The van der Waals surface area contributed by atoms with Crippen molar-refractivity contribution in [1.82, 2.24) is 20.2 Å². The van der Waals surface area contributed by atoms with Gasteiger partial charge in [-0.2, -0.15) is 0 Å². The maximum Gasteiger partial charge on any atom is 0.240 e. The zero-order chi connectivity index (χ0) is 9.97. The quantitative estimate of drug-likeness (QED) is 0.800. The van der Waals surface area contributed by atoms with E-state index in [2.05, 4.69) is 15.5 Å². The van der Waals surface area contributed by atoms with Crippen molar-refractivity contribution in [3.8, 4) is 0 Å². The van der Waals surface area contributed by atoms with Crippen molar-refractivity contribution in [2.24, 2.45) is 0 Å². The number of anilines is 1. The van der Waals surface area contributed by atoms with Gasteiger partial charge in [0.15, 0.2) is 0 Å². The van der Waals surface area contributed by atoms with Gasteiger partial charge < -0.3 is 5.73 Å². The second-order valence-corrected chi connectivity index (χ2v) is 3.26. The van der Waals surface area contributed by atoms with Crippen LogP contribution in [0.2, 0.25) is 5.02 Å². The molecule has 0 aliphatic rings. The summed E-state index contributed by atoms with van der Waals surface area (Å²) >= 11 is 5.75. The zero-order valence-corrected chi connectivity index (χ0v) is 8.02. The van der Waals surface area contributed by atoms with Crippen LogP contribution in [0, 0.1) is 0 Å². The Labute approximate surface area is 85.5 Å². The predicted molar refractivity (Wildman–Crippen MR) is 52.8 cm³/mol. The summed E-state index contributed by atoms with van der Waals surface area (Å²) < 4.78 is 1.52. The Morgan fingerprint density at radius 2 is 2.00 bits per heavy atom. The van der Waals surface area contributed by atoms with Crippen LogP contribution in [0.4, 0.5) is 5.95 Å². The molecule has 1 aromatic carbocycles. The van der Waals surface area contributed by atoms with E-state index in [1.54, 1.807) is 0 Å². The first-order valence-electron chi connectivity index (χ1n) is 4.02. The Balaban J connectivity index is 2.19. The van der Waals surface area contributed by atoms with Crippen LogP contribution in [-0.4, -0.2) is 20.2 Å². The van der Waals surface area contributed by atoms with E-state index in [9.17, 15) is 0 Å². The van der Waals surface area contributed by atoms with Crippen molar-refractivity contribution in [3.63, 3.8) is 0 Å². The van der Waals surface area contributed by atoms with Gasteiger partial charge in [-0.25, -0.2) is 4.68 Å². The summed E-state index contributed by atoms with van der Waals surface area (Å²) in [7, 11) is 0. The van der Waals surface area contributed by atoms with Gasteiger partial charge in [0, 0.05) is 5.02 Å². The molecule has 0 radical (unpaired) electrons. The third-order valence-electron chi connectivity index (χ3n) is 1.81. The first kappa shape index (κ1) is 8.96. The molecule has 0 fully saturated rings. The molecule has 14 heavy (non-hydrogen) atoms. The van der Waals surface area contributed by atoms with Gasteiger partial charge in [0.2, 0.25) is 5.95 Å². The minimum absolute atomic E-state index is 0.306. The second-order valence-electron chi connectivity index (χ2n) is 2.82. The first-order valence-corrected chi connectivity index (χ1v) is 4.39. The van der Waals surface area contributed by atoms with Crippen LogP contribution in [0.3, 0.4) is 0 Å². The van der Waals surface area contributed by atoms with Crippen molar-refractivity contribution < 1.29 is 0 Å². The average molecular weight is 210 g/mol. The molecule has 0 aliphatic carbocycles. The number of halogens is 1. The van der Waals surface area contributed by atoms with Gasteiger partial charge in [-0.3, -0.25) is 0 Å². The monoisotopic (exact) mass is 209 g/mol.